The highest BCUT2D eigenvalue weighted by Crippen LogP contribution is 2.11. The summed E-state index contributed by atoms with van der Waals surface area (Å²) < 4.78 is 26.3. The molecule has 1 atom stereocenters. The summed E-state index contributed by atoms with van der Waals surface area (Å²) in [6, 6.07) is 6.44. The molecule has 3 N–H and O–H groups in total. The molecule has 1 unspecified atom stereocenters. The second-order valence-electron chi connectivity index (χ2n) is 3.83. The maximum Gasteiger partial charge on any atom is 0.241 e. The molecule has 0 fully saturated rings. The summed E-state index contributed by atoms with van der Waals surface area (Å²) in [6.07, 6.45) is 2.29. The number of rotatable bonds is 6. The number of nitrogens with two attached hydrogens (primary N) is 1. The van der Waals surface area contributed by atoms with Gasteiger partial charge < -0.3 is 5.73 Å². The van der Waals surface area contributed by atoms with E-state index in [-0.39, 0.29) is 10.9 Å². The Bertz CT molecular complexity index is 466. The average molecular weight is 254 g/mol. The van der Waals surface area contributed by atoms with Crippen molar-refractivity contribution in [3.63, 3.8) is 0 Å². The molecule has 1 aromatic rings. The van der Waals surface area contributed by atoms with E-state index in [4.69, 9.17) is 5.73 Å². The molecular formula is C12H18N2O2S. The molecule has 0 saturated heterocycles. The van der Waals surface area contributed by atoms with Crippen LogP contribution in [0.3, 0.4) is 0 Å². The first-order valence-corrected chi connectivity index (χ1v) is 6.92. The number of sulfonamides is 1. The van der Waals surface area contributed by atoms with E-state index in [0.29, 0.717) is 6.54 Å². The summed E-state index contributed by atoms with van der Waals surface area (Å²) in [4.78, 5) is 0.256. The molecule has 0 aliphatic heterocycles. The largest absolute Gasteiger partial charge is 0.330 e. The van der Waals surface area contributed by atoms with Crippen LogP contribution in [0.5, 0.6) is 0 Å². The first-order chi connectivity index (χ1) is 7.99. The SMILES string of the molecule is C=CC(C)NS(=O)(=O)c1ccc(CCN)cc1. The molecule has 1 aromatic carbocycles. The Labute approximate surface area is 103 Å². The van der Waals surface area contributed by atoms with Gasteiger partial charge in [0.05, 0.1) is 4.90 Å². The van der Waals surface area contributed by atoms with Crippen molar-refractivity contribution in [3.05, 3.63) is 42.5 Å². The van der Waals surface area contributed by atoms with Crippen LogP contribution in [0.1, 0.15) is 12.5 Å². The third-order valence-electron chi connectivity index (χ3n) is 2.36. The Hall–Kier alpha value is -1.17. The molecule has 0 amide bonds. The van der Waals surface area contributed by atoms with E-state index in [1.165, 1.54) is 0 Å². The molecule has 94 valence electrons. The zero-order valence-electron chi connectivity index (χ0n) is 9.89. The molecular weight excluding hydrogens is 236 g/mol. The zero-order valence-corrected chi connectivity index (χ0v) is 10.7. The summed E-state index contributed by atoms with van der Waals surface area (Å²) in [5, 5.41) is 0. The van der Waals surface area contributed by atoms with Crippen LogP contribution in [-0.2, 0) is 16.4 Å². The van der Waals surface area contributed by atoms with Crippen LogP contribution in [0.4, 0.5) is 0 Å². The van der Waals surface area contributed by atoms with Crippen LogP contribution in [0.2, 0.25) is 0 Å². The third kappa shape index (κ3) is 3.96. The van der Waals surface area contributed by atoms with Crippen LogP contribution < -0.4 is 10.5 Å². The average Bonchev–Trinajstić information content (AvgIpc) is 2.29. The highest BCUT2D eigenvalue weighted by Gasteiger charge is 2.15. The molecule has 0 aliphatic carbocycles. The van der Waals surface area contributed by atoms with Gasteiger partial charge in [0.1, 0.15) is 0 Å². The van der Waals surface area contributed by atoms with Gasteiger partial charge in [-0.2, -0.15) is 0 Å². The van der Waals surface area contributed by atoms with Gasteiger partial charge in [-0.05, 0) is 37.6 Å². The predicted molar refractivity (Wildman–Crippen MR) is 69.2 cm³/mol. The fourth-order valence-electron chi connectivity index (χ4n) is 1.36. The number of benzene rings is 1. The van der Waals surface area contributed by atoms with Gasteiger partial charge in [-0.3, -0.25) is 0 Å². The van der Waals surface area contributed by atoms with Gasteiger partial charge in [0, 0.05) is 6.04 Å². The number of nitrogens with one attached hydrogen (secondary N) is 1. The predicted octanol–water partition coefficient (Wildman–Crippen LogP) is 1.04. The lowest BCUT2D eigenvalue weighted by Gasteiger charge is -2.10. The molecule has 4 nitrogen and oxygen atoms in total. The Kier molecular flexibility index (Phi) is 4.86. The number of hydrogen-bond acceptors (Lipinski definition) is 3. The van der Waals surface area contributed by atoms with Gasteiger partial charge >= 0.3 is 0 Å². The maximum absolute atomic E-state index is 11.9. The van der Waals surface area contributed by atoms with E-state index in [0.717, 1.165) is 12.0 Å². The summed E-state index contributed by atoms with van der Waals surface area (Å²) in [5.74, 6) is 0. The van der Waals surface area contributed by atoms with Gasteiger partial charge in [0.25, 0.3) is 0 Å². The molecule has 5 heteroatoms. The van der Waals surface area contributed by atoms with E-state index in [2.05, 4.69) is 11.3 Å². The van der Waals surface area contributed by atoms with E-state index in [9.17, 15) is 8.42 Å². The van der Waals surface area contributed by atoms with Crippen molar-refractivity contribution in [1.82, 2.24) is 4.72 Å². The minimum absolute atomic E-state index is 0.256. The van der Waals surface area contributed by atoms with Gasteiger partial charge in [-0.25, -0.2) is 13.1 Å². The van der Waals surface area contributed by atoms with Crippen LogP contribution in [0.25, 0.3) is 0 Å². The standard InChI is InChI=1S/C12H18N2O2S/c1-3-10(2)14-17(15,16)12-6-4-11(5-7-12)8-9-13/h3-7,10,14H,1,8-9,13H2,2H3. The van der Waals surface area contributed by atoms with Crippen molar-refractivity contribution in [2.24, 2.45) is 5.73 Å². The van der Waals surface area contributed by atoms with Crippen molar-refractivity contribution >= 4 is 10.0 Å². The first kappa shape index (κ1) is 13.9. The van der Waals surface area contributed by atoms with Crippen molar-refractivity contribution in [2.45, 2.75) is 24.3 Å². The highest BCUT2D eigenvalue weighted by molar-refractivity contribution is 7.89. The fourth-order valence-corrected chi connectivity index (χ4v) is 2.58. The summed E-state index contributed by atoms with van der Waals surface area (Å²) >= 11 is 0. The van der Waals surface area contributed by atoms with Gasteiger partial charge in [0.15, 0.2) is 0 Å². The molecule has 0 heterocycles. The molecule has 0 spiro atoms. The van der Waals surface area contributed by atoms with Crippen LogP contribution in [-0.4, -0.2) is 21.0 Å². The lowest BCUT2D eigenvalue weighted by molar-refractivity contribution is 0.576. The molecule has 0 saturated carbocycles. The number of hydrogen-bond donors (Lipinski definition) is 2. The molecule has 1 rings (SSSR count). The van der Waals surface area contributed by atoms with Crippen LogP contribution in [0, 0.1) is 0 Å². The lowest BCUT2D eigenvalue weighted by Crippen LogP contribution is -2.30. The minimum Gasteiger partial charge on any atom is -0.330 e. The second-order valence-corrected chi connectivity index (χ2v) is 5.54. The van der Waals surface area contributed by atoms with E-state index in [1.54, 1.807) is 37.3 Å². The van der Waals surface area contributed by atoms with Crippen molar-refractivity contribution < 1.29 is 8.42 Å². The lowest BCUT2D eigenvalue weighted by atomic mass is 10.2. The summed E-state index contributed by atoms with van der Waals surface area (Å²) in [5.41, 5.74) is 6.46. The van der Waals surface area contributed by atoms with E-state index >= 15 is 0 Å². The maximum atomic E-state index is 11.9. The Balaban J connectivity index is 2.88. The van der Waals surface area contributed by atoms with Gasteiger partial charge in [-0.1, -0.05) is 18.2 Å². The summed E-state index contributed by atoms with van der Waals surface area (Å²) in [7, 11) is -3.46. The Morgan fingerprint density at radius 2 is 2.00 bits per heavy atom. The highest BCUT2D eigenvalue weighted by atomic mass is 32.2. The van der Waals surface area contributed by atoms with E-state index in [1.807, 2.05) is 0 Å². The minimum atomic E-state index is -3.46. The smallest absolute Gasteiger partial charge is 0.241 e. The molecule has 0 radical (unpaired) electrons. The Morgan fingerprint density at radius 1 is 1.41 bits per heavy atom. The second kappa shape index (κ2) is 5.95. The first-order valence-electron chi connectivity index (χ1n) is 5.43. The van der Waals surface area contributed by atoms with Crippen molar-refractivity contribution in [3.8, 4) is 0 Å². The van der Waals surface area contributed by atoms with Gasteiger partial charge in [-0.15, -0.1) is 6.58 Å². The topological polar surface area (TPSA) is 72.2 Å². The molecule has 0 bridgehead atoms. The third-order valence-corrected chi connectivity index (χ3v) is 3.94. The van der Waals surface area contributed by atoms with Crippen LogP contribution in [0.15, 0.2) is 41.8 Å². The molecule has 0 aromatic heterocycles. The monoisotopic (exact) mass is 254 g/mol. The van der Waals surface area contributed by atoms with Crippen molar-refractivity contribution in [2.75, 3.05) is 6.54 Å². The van der Waals surface area contributed by atoms with Gasteiger partial charge in [0.2, 0.25) is 10.0 Å². The quantitative estimate of drug-likeness (QED) is 0.745. The van der Waals surface area contributed by atoms with E-state index < -0.39 is 10.0 Å². The normalized spacial score (nSPS) is 13.3. The summed E-state index contributed by atoms with van der Waals surface area (Å²) in [6.45, 7) is 5.82. The molecule has 17 heavy (non-hydrogen) atoms. The van der Waals surface area contributed by atoms with Crippen LogP contribution >= 0.6 is 0 Å². The molecule has 0 aliphatic rings. The Morgan fingerprint density at radius 3 is 2.47 bits per heavy atom. The van der Waals surface area contributed by atoms with Crippen molar-refractivity contribution in [1.29, 1.82) is 0 Å². The fraction of sp³-hybridized carbons (Fsp3) is 0.333. The zero-order chi connectivity index (χ0) is 12.9.